The molecule has 5 atom stereocenters. The average molecular weight is 389 g/mol. The number of hydrogen-bond donors (Lipinski definition) is 1. The minimum atomic E-state index is -1.37. The van der Waals surface area contributed by atoms with Gasteiger partial charge in [-0.3, -0.25) is 24.0 Å². The van der Waals surface area contributed by atoms with Crippen LogP contribution in [0.4, 0.5) is 0 Å². The van der Waals surface area contributed by atoms with Crippen LogP contribution < -0.4 is 5.32 Å². The maximum Gasteiger partial charge on any atom is 0.305 e. The topological polar surface area (TPSA) is 144 Å². The molecule has 0 aromatic carbocycles. The molecular formula is C16H23NO10. The molecule has 1 aliphatic rings. The zero-order chi connectivity index (χ0) is 20.7. The highest BCUT2D eigenvalue weighted by molar-refractivity contribution is 5.74. The van der Waals surface area contributed by atoms with Crippen molar-refractivity contribution in [2.75, 3.05) is 6.61 Å². The lowest BCUT2D eigenvalue weighted by atomic mass is 9.96. The molecule has 0 bridgehead atoms. The summed E-state index contributed by atoms with van der Waals surface area (Å²) in [5, 5.41) is 2.46. The molecule has 11 heteroatoms. The highest BCUT2D eigenvalue weighted by atomic mass is 16.7. The molecule has 0 aromatic rings. The first-order valence-electron chi connectivity index (χ1n) is 8.08. The van der Waals surface area contributed by atoms with Gasteiger partial charge in [0, 0.05) is 34.6 Å². The lowest BCUT2D eigenvalue weighted by Crippen LogP contribution is -2.66. The van der Waals surface area contributed by atoms with Gasteiger partial charge in [-0.2, -0.15) is 0 Å². The minimum Gasteiger partial charge on any atom is -0.463 e. The van der Waals surface area contributed by atoms with E-state index in [9.17, 15) is 24.0 Å². The van der Waals surface area contributed by atoms with Gasteiger partial charge in [0.15, 0.2) is 12.2 Å². The van der Waals surface area contributed by atoms with Crippen molar-refractivity contribution in [3.63, 3.8) is 0 Å². The molecule has 0 radical (unpaired) electrons. The van der Waals surface area contributed by atoms with Crippen LogP contribution in [0.1, 0.15) is 34.6 Å². The van der Waals surface area contributed by atoms with E-state index in [1.165, 1.54) is 6.92 Å². The first kappa shape index (κ1) is 22.4. The number of rotatable bonds is 6. The molecule has 27 heavy (non-hydrogen) atoms. The summed E-state index contributed by atoms with van der Waals surface area (Å²) in [6, 6.07) is -1.16. The first-order chi connectivity index (χ1) is 12.5. The second kappa shape index (κ2) is 9.86. The minimum absolute atomic E-state index is 0.365. The Balaban J connectivity index is 3.29. The van der Waals surface area contributed by atoms with E-state index >= 15 is 0 Å². The second-order valence-corrected chi connectivity index (χ2v) is 5.83. The SMILES string of the molecule is CC(=O)N[C@H]1[C@@H](OC(C)=O)O[C@H](COC(C)=O)[C@H](OC(C)=O)[C@@H]1OC(C)=O. The monoisotopic (exact) mass is 389 g/mol. The number of hydrogen-bond acceptors (Lipinski definition) is 10. The highest BCUT2D eigenvalue weighted by Crippen LogP contribution is 2.28. The van der Waals surface area contributed by atoms with E-state index in [2.05, 4.69) is 5.32 Å². The Hall–Kier alpha value is -2.69. The zero-order valence-corrected chi connectivity index (χ0v) is 15.7. The summed E-state index contributed by atoms with van der Waals surface area (Å²) in [7, 11) is 0. The van der Waals surface area contributed by atoms with Crippen LogP contribution in [0.5, 0.6) is 0 Å². The van der Waals surface area contributed by atoms with Crippen molar-refractivity contribution in [1.82, 2.24) is 5.32 Å². The van der Waals surface area contributed by atoms with Crippen molar-refractivity contribution in [3.8, 4) is 0 Å². The summed E-state index contributed by atoms with van der Waals surface area (Å²) in [6.07, 6.45) is -4.97. The molecule has 11 nitrogen and oxygen atoms in total. The molecule has 0 saturated carbocycles. The fraction of sp³-hybridized carbons (Fsp3) is 0.688. The molecule has 1 amide bonds. The number of carbonyl (C=O) groups excluding carboxylic acids is 5. The highest BCUT2D eigenvalue weighted by Gasteiger charge is 2.52. The Morgan fingerprint density at radius 1 is 0.778 bits per heavy atom. The molecule has 1 fully saturated rings. The third kappa shape index (κ3) is 7.21. The van der Waals surface area contributed by atoms with E-state index in [0.717, 1.165) is 27.7 Å². The van der Waals surface area contributed by atoms with Crippen LogP contribution >= 0.6 is 0 Å². The molecule has 0 aliphatic carbocycles. The largest absolute Gasteiger partial charge is 0.463 e. The van der Waals surface area contributed by atoms with Crippen molar-refractivity contribution in [2.45, 2.75) is 65.3 Å². The van der Waals surface area contributed by atoms with Gasteiger partial charge in [-0.1, -0.05) is 0 Å². The van der Waals surface area contributed by atoms with E-state index in [4.69, 9.17) is 23.7 Å². The predicted molar refractivity (Wildman–Crippen MR) is 85.8 cm³/mol. The fourth-order valence-corrected chi connectivity index (χ4v) is 2.55. The van der Waals surface area contributed by atoms with Crippen LogP contribution in [-0.4, -0.2) is 67.0 Å². The van der Waals surface area contributed by atoms with Crippen molar-refractivity contribution < 1.29 is 47.7 Å². The van der Waals surface area contributed by atoms with Gasteiger partial charge >= 0.3 is 23.9 Å². The Morgan fingerprint density at radius 3 is 1.74 bits per heavy atom. The molecule has 1 N–H and O–H groups in total. The molecular weight excluding hydrogens is 366 g/mol. The van der Waals surface area contributed by atoms with Crippen molar-refractivity contribution in [3.05, 3.63) is 0 Å². The van der Waals surface area contributed by atoms with Gasteiger partial charge in [-0.15, -0.1) is 0 Å². The molecule has 0 aromatic heterocycles. The Labute approximate surface area is 155 Å². The normalized spacial score (nSPS) is 27.1. The number of nitrogens with one attached hydrogen (secondary N) is 1. The van der Waals surface area contributed by atoms with E-state index in [1.807, 2.05) is 0 Å². The molecule has 0 unspecified atom stereocenters. The molecule has 1 heterocycles. The van der Waals surface area contributed by atoms with E-state index in [0.29, 0.717) is 0 Å². The predicted octanol–water partition coefficient (Wildman–Crippen LogP) is -0.794. The van der Waals surface area contributed by atoms with Crippen LogP contribution in [0.2, 0.25) is 0 Å². The Bertz CT molecular complexity index is 604. The van der Waals surface area contributed by atoms with Gasteiger partial charge in [-0.05, 0) is 0 Å². The van der Waals surface area contributed by atoms with Gasteiger partial charge in [0.2, 0.25) is 12.2 Å². The van der Waals surface area contributed by atoms with Gasteiger partial charge in [0.1, 0.15) is 18.8 Å². The van der Waals surface area contributed by atoms with Crippen LogP contribution in [-0.2, 0) is 47.7 Å². The molecule has 0 spiro atoms. The van der Waals surface area contributed by atoms with Crippen LogP contribution in [0.3, 0.4) is 0 Å². The number of carbonyl (C=O) groups is 5. The maximum absolute atomic E-state index is 11.6. The zero-order valence-electron chi connectivity index (χ0n) is 15.7. The quantitative estimate of drug-likeness (QED) is 0.453. The Morgan fingerprint density at radius 2 is 1.30 bits per heavy atom. The standard InChI is InChI=1S/C16H23NO10/c1-7(18)17-13-15(25-10(4)21)14(24-9(3)20)12(6-23-8(2)19)27-16(13)26-11(5)22/h12-16H,6H2,1-5H3,(H,17,18)/t12-,13-,14+,15-,16+/m1/s1. The summed E-state index contributed by atoms with van der Waals surface area (Å²) >= 11 is 0. The van der Waals surface area contributed by atoms with Gasteiger partial charge in [0.25, 0.3) is 0 Å². The van der Waals surface area contributed by atoms with Crippen LogP contribution in [0.15, 0.2) is 0 Å². The molecule has 152 valence electrons. The summed E-state index contributed by atoms with van der Waals surface area (Å²) in [5.41, 5.74) is 0. The van der Waals surface area contributed by atoms with E-state index < -0.39 is 60.4 Å². The summed E-state index contributed by atoms with van der Waals surface area (Å²) < 4.78 is 25.9. The van der Waals surface area contributed by atoms with Gasteiger partial charge < -0.3 is 29.0 Å². The van der Waals surface area contributed by atoms with Gasteiger partial charge in [0.05, 0.1) is 0 Å². The van der Waals surface area contributed by atoms with Crippen molar-refractivity contribution >= 4 is 29.8 Å². The molecule has 1 aliphatic heterocycles. The first-order valence-corrected chi connectivity index (χ1v) is 8.08. The van der Waals surface area contributed by atoms with Crippen LogP contribution in [0, 0.1) is 0 Å². The van der Waals surface area contributed by atoms with Crippen molar-refractivity contribution in [2.24, 2.45) is 0 Å². The maximum atomic E-state index is 11.6. The third-order valence-electron chi connectivity index (χ3n) is 3.35. The summed E-state index contributed by atoms with van der Waals surface area (Å²) in [5.74, 6) is -3.34. The molecule has 1 saturated heterocycles. The lowest BCUT2D eigenvalue weighted by Gasteiger charge is -2.44. The smallest absolute Gasteiger partial charge is 0.305 e. The number of ether oxygens (including phenoxy) is 5. The fourth-order valence-electron chi connectivity index (χ4n) is 2.55. The average Bonchev–Trinajstić information content (AvgIpc) is 2.49. The van der Waals surface area contributed by atoms with E-state index in [1.54, 1.807) is 0 Å². The summed E-state index contributed by atoms with van der Waals surface area (Å²) in [6.45, 7) is 5.36. The third-order valence-corrected chi connectivity index (χ3v) is 3.35. The lowest BCUT2D eigenvalue weighted by molar-refractivity contribution is -0.270. The number of esters is 4. The van der Waals surface area contributed by atoms with Crippen molar-refractivity contribution in [1.29, 1.82) is 0 Å². The summed E-state index contributed by atoms with van der Waals surface area (Å²) in [4.78, 5) is 57.2. The number of amides is 1. The Kier molecular flexibility index (Phi) is 8.16. The molecule has 1 rings (SSSR count). The van der Waals surface area contributed by atoms with Gasteiger partial charge in [-0.25, -0.2) is 0 Å². The van der Waals surface area contributed by atoms with E-state index in [-0.39, 0.29) is 6.61 Å². The van der Waals surface area contributed by atoms with Crippen LogP contribution in [0.25, 0.3) is 0 Å². The second-order valence-electron chi connectivity index (χ2n) is 5.83.